The second-order valence-corrected chi connectivity index (χ2v) is 4.75. The Morgan fingerprint density at radius 1 is 1.50 bits per heavy atom. The third-order valence-corrected chi connectivity index (χ3v) is 3.12. The molecule has 2 aromatic rings. The standard InChI is InChI=1S/C12H7FIN3O/c13-10-3-8(4-15)1-2-9(10)6-17-7-16-5-11(14)12(17)18/h1-3,5,7H,6H2. The average molecular weight is 355 g/mol. The summed E-state index contributed by atoms with van der Waals surface area (Å²) in [5.74, 6) is -0.500. The first-order valence-electron chi connectivity index (χ1n) is 5.00. The molecule has 0 atom stereocenters. The van der Waals surface area contributed by atoms with Crippen molar-refractivity contribution in [2.75, 3.05) is 0 Å². The van der Waals surface area contributed by atoms with Crippen LogP contribution >= 0.6 is 22.6 Å². The van der Waals surface area contributed by atoms with E-state index in [1.54, 1.807) is 0 Å². The van der Waals surface area contributed by atoms with Crippen molar-refractivity contribution < 1.29 is 4.39 Å². The quantitative estimate of drug-likeness (QED) is 0.774. The van der Waals surface area contributed by atoms with Crippen LogP contribution in [-0.4, -0.2) is 9.55 Å². The van der Waals surface area contributed by atoms with Gasteiger partial charge in [0.05, 0.1) is 28.1 Å². The molecule has 0 bridgehead atoms. The van der Waals surface area contributed by atoms with Crippen molar-refractivity contribution in [1.82, 2.24) is 9.55 Å². The van der Waals surface area contributed by atoms with Crippen molar-refractivity contribution in [3.8, 4) is 6.07 Å². The first-order chi connectivity index (χ1) is 8.61. The number of halogens is 2. The third kappa shape index (κ3) is 2.56. The summed E-state index contributed by atoms with van der Waals surface area (Å²) >= 11 is 1.88. The summed E-state index contributed by atoms with van der Waals surface area (Å²) in [4.78, 5) is 15.6. The number of aromatic nitrogens is 2. The van der Waals surface area contributed by atoms with E-state index in [2.05, 4.69) is 4.98 Å². The largest absolute Gasteiger partial charge is 0.294 e. The molecule has 0 saturated heterocycles. The summed E-state index contributed by atoms with van der Waals surface area (Å²) in [7, 11) is 0. The molecule has 0 radical (unpaired) electrons. The minimum atomic E-state index is -0.500. The number of rotatable bonds is 2. The molecule has 1 aromatic heterocycles. The van der Waals surface area contributed by atoms with E-state index in [0.717, 1.165) is 6.07 Å². The molecule has 0 N–H and O–H groups in total. The highest BCUT2D eigenvalue weighted by Crippen LogP contribution is 2.11. The maximum absolute atomic E-state index is 13.7. The first kappa shape index (κ1) is 12.7. The van der Waals surface area contributed by atoms with Crippen molar-refractivity contribution in [3.05, 3.63) is 61.6 Å². The minimum absolute atomic E-state index is 0.0974. The molecule has 6 heteroatoms. The maximum atomic E-state index is 13.7. The van der Waals surface area contributed by atoms with E-state index >= 15 is 0 Å². The molecule has 18 heavy (non-hydrogen) atoms. The molecule has 0 amide bonds. The number of nitriles is 1. The van der Waals surface area contributed by atoms with E-state index in [4.69, 9.17) is 5.26 Å². The molecule has 0 saturated carbocycles. The lowest BCUT2D eigenvalue weighted by Crippen LogP contribution is -2.23. The minimum Gasteiger partial charge on any atom is -0.294 e. The number of hydrogen-bond acceptors (Lipinski definition) is 3. The van der Waals surface area contributed by atoms with Gasteiger partial charge in [-0.15, -0.1) is 0 Å². The predicted molar refractivity (Wildman–Crippen MR) is 71.4 cm³/mol. The normalized spacial score (nSPS) is 10.1. The number of hydrogen-bond donors (Lipinski definition) is 0. The van der Waals surface area contributed by atoms with Gasteiger partial charge in [0.2, 0.25) is 0 Å². The van der Waals surface area contributed by atoms with Crippen LogP contribution in [-0.2, 0) is 6.54 Å². The fourth-order valence-corrected chi connectivity index (χ4v) is 1.94. The molecule has 2 rings (SSSR count). The lowest BCUT2D eigenvalue weighted by atomic mass is 10.1. The second kappa shape index (κ2) is 5.27. The van der Waals surface area contributed by atoms with Crippen LogP contribution in [0.2, 0.25) is 0 Å². The van der Waals surface area contributed by atoms with Gasteiger partial charge in [-0.2, -0.15) is 5.26 Å². The smallest absolute Gasteiger partial charge is 0.267 e. The van der Waals surface area contributed by atoms with Crippen molar-refractivity contribution in [2.24, 2.45) is 0 Å². The van der Waals surface area contributed by atoms with Crippen LogP contribution in [0.3, 0.4) is 0 Å². The Balaban J connectivity index is 2.38. The van der Waals surface area contributed by atoms with Gasteiger partial charge in [-0.05, 0) is 34.7 Å². The van der Waals surface area contributed by atoms with Crippen molar-refractivity contribution in [2.45, 2.75) is 6.54 Å². The molecular weight excluding hydrogens is 348 g/mol. The van der Waals surface area contributed by atoms with Crippen molar-refractivity contribution >= 4 is 22.6 Å². The summed E-state index contributed by atoms with van der Waals surface area (Å²) in [6, 6.07) is 6.03. The first-order valence-corrected chi connectivity index (χ1v) is 6.08. The molecule has 0 spiro atoms. The zero-order valence-corrected chi connectivity index (χ0v) is 11.3. The predicted octanol–water partition coefficient (Wildman–Crippen LogP) is 1.91. The Hall–Kier alpha value is -1.75. The van der Waals surface area contributed by atoms with E-state index in [-0.39, 0.29) is 17.7 Å². The average Bonchev–Trinajstić information content (AvgIpc) is 2.37. The van der Waals surface area contributed by atoms with Crippen molar-refractivity contribution in [3.63, 3.8) is 0 Å². The van der Waals surface area contributed by atoms with Crippen LogP contribution in [0.25, 0.3) is 0 Å². The monoisotopic (exact) mass is 355 g/mol. The highest BCUT2D eigenvalue weighted by Gasteiger charge is 2.07. The SMILES string of the molecule is N#Cc1ccc(Cn2cncc(I)c2=O)c(F)c1. The van der Waals surface area contributed by atoms with Gasteiger partial charge in [0.15, 0.2) is 0 Å². The molecule has 90 valence electrons. The summed E-state index contributed by atoms with van der Waals surface area (Å²) in [5, 5.41) is 8.64. The molecule has 0 unspecified atom stereocenters. The van der Waals surface area contributed by atoms with Crippen LogP contribution in [0.4, 0.5) is 4.39 Å². The Kier molecular flexibility index (Phi) is 3.72. The Morgan fingerprint density at radius 2 is 2.28 bits per heavy atom. The topological polar surface area (TPSA) is 58.7 Å². The van der Waals surface area contributed by atoms with Gasteiger partial charge in [-0.25, -0.2) is 9.37 Å². The Bertz CT molecular complexity index is 690. The van der Waals surface area contributed by atoms with E-state index in [1.165, 1.54) is 29.2 Å². The second-order valence-electron chi connectivity index (χ2n) is 3.59. The molecule has 0 aliphatic heterocycles. The van der Waals surface area contributed by atoms with Crippen LogP contribution in [0, 0.1) is 20.7 Å². The molecule has 1 aromatic carbocycles. The van der Waals surface area contributed by atoms with Gasteiger partial charge >= 0.3 is 0 Å². The van der Waals surface area contributed by atoms with Crippen LogP contribution in [0.15, 0.2) is 35.5 Å². The fourth-order valence-electron chi connectivity index (χ4n) is 1.47. The Labute approximate surface area is 116 Å². The Morgan fingerprint density at radius 3 is 2.94 bits per heavy atom. The summed E-state index contributed by atoms with van der Waals surface area (Å²) in [6.45, 7) is 0.0974. The summed E-state index contributed by atoms with van der Waals surface area (Å²) in [6.07, 6.45) is 2.82. The van der Waals surface area contributed by atoms with Crippen LogP contribution < -0.4 is 5.56 Å². The van der Waals surface area contributed by atoms with Gasteiger partial charge < -0.3 is 0 Å². The fraction of sp³-hybridized carbons (Fsp3) is 0.0833. The molecular formula is C12H7FIN3O. The number of nitrogens with zero attached hydrogens (tertiary/aromatic N) is 3. The summed E-state index contributed by atoms with van der Waals surface area (Å²) in [5.41, 5.74) is 0.388. The van der Waals surface area contributed by atoms with Gasteiger partial charge in [-0.3, -0.25) is 9.36 Å². The summed E-state index contributed by atoms with van der Waals surface area (Å²) < 4.78 is 15.5. The van der Waals surface area contributed by atoms with Crippen molar-refractivity contribution in [1.29, 1.82) is 5.26 Å². The van der Waals surface area contributed by atoms with Crippen LogP contribution in [0.5, 0.6) is 0 Å². The van der Waals surface area contributed by atoms with Crippen LogP contribution in [0.1, 0.15) is 11.1 Å². The highest BCUT2D eigenvalue weighted by atomic mass is 127. The molecule has 0 fully saturated rings. The molecule has 0 aliphatic carbocycles. The maximum Gasteiger partial charge on any atom is 0.267 e. The highest BCUT2D eigenvalue weighted by molar-refractivity contribution is 14.1. The zero-order chi connectivity index (χ0) is 13.1. The van der Waals surface area contributed by atoms with E-state index < -0.39 is 5.82 Å². The lowest BCUT2D eigenvalue weighted by molar-refractivity contribution is 0.593. The number of benzene rings is 1. The lowest BCUT2D eigenvalue weighted by Gasteiger charge is -2.06. The van der Waals surface area contributed by atoms with E-state index in [0.29, 0.717) is 9.13 Å². The molecule has 1 heterocycles. The van der Waals surface area contributed by atoms with Gasteiger partial charge in [0.25, 0.3) is 5.56 Å². The molecule has 4 nitrogen and oxygen atoms in total. The van der Waals surface area contributed by atoms with E-state index in [9.17, 15) is 9.18 Å². The zero-order valence-electron chi connectivity index (χ0n) is 9.10. The van der Waals surface area contributed by atoms with Gasteiger partial charge in [0, 0.05) is 11.8 Å². The molecule has 0 aliphatic rings. The van der Waals surface area contributed by atoms with Gasteiger partial charge in [0.1, 0.15) is 5.82 Å². The van der Waals surface area contributed by atoms with Gasteiger partial charge in [-0.1, -0.05) is 6.07 Å². The third-order valence-electron chi connectivity index (χ3n) is 2.38. The van der Waals surface area contributed by atoms with E-state index in [1.807, 2.05) is 28.7 Å².